The fraction of sp³-hybridized carbons (Fsp3) is 0.167. The van der Waals surface area contributed by atoms with E-state index < -0.39 is 0 Å². The Kier molecular flexibility index (Phi) is 4.30. The van der Waals surface area contributed by atoms with Crippen LogP contribution in [-0.2, 0) is 11.2 Å². The summed E-state index contributed by atoms with van der Waals surface area (Å²) in [7, 11) is 0. The van der Waals surface area contributed by atoms with Gasteiger partial charge in [-0.1, -0.05) is 36.4 Å². The summed E-state index contributed by atoms with van der Waals surface area (Å²) in [5.74, 6) is -0.0426. The monoisotopic (exact) mass is 309 g/mol. The van der Waals surface area contributed by atoms with Gasteiger partial charge in [0.1, 0.15) is 0 Å². The summed E-state index contributed by atoms with van der Waals surface area (Å²) in [4.78, 5) is 11.0. The summed E-state index contributed by atoms with van der Waals surface area (Å²) in [6, 6.07) is 16.3. The van der Waals surface area contributed by atoms with Gasteiger partial charge in [-0.3, -0.25) is 10.0 Å². The SMILES string of the molecule is CC(=O)NCCc1cn(NO)c2ccc(-c3ccccc3)cc12. The summed E-state index contributed by atoms with van der Waals surface area (Å²) < 4.78 is 1.58. The fourth-order valence-corrected chi connectivity index (χ4v) is 2.76. The van der Waals surface area contributed by atoms with Gasteiger partial charge in [0.15, 0.2) is 0 Å². The number of fused-ring (bicyclic) bond motifs is 1. The van der Waals surface area contributed by atoms with Crippen LogP contribution in [0.15, 0.2) is 54.7 Å². The van der Waals surface area contributed by atoms with E-state index in [4.69, 9.17) is 0 Å². The number of rotatable bonds is 5. The third-order valence-electron chi connectivity index (χ3n) is 3.87. The molecule has 0 spiro atoms. The van der Waals surface area contributed by atoms with Crippen LogP contribution in [0.3, 0.4) is 0 Å². The largest absolute Gasteiger partial charge is 0.356 e. The fourth-order valence-electron chi connectivity index (χ4n) is 2.76. The van der Waals surface area contributed by atoms with E-state index in [0.29, 0.717) is 13.0 Å². The third kappa shape index (κ3) is 3.19. The van der Waals surface area contributed by atoms with Gasteiger partial charge < -0.3 is 5.32 Å². The molecule has 118 valence electrons. The molecule has 5 nitrogen and oxygen atoms in total. The number of nitrogens with zero attached hydrogens (tertiary/aromatic N) is 1. The number of benzene rings is 2. The maximum absolute atomic E-state index is 11.0. The Morgan fingerprint density at radius 1 is 1.13 bits per heavy atom. The van der Waals surface area contributed by atoms with E-state index in [2.05, 4.69) is 29.1 Å². The molecule has 1 aromatic heterocycles. The number of carbonyl (C=O) groups is 1. The molecule has 3 rings (SSSR count). The highest BCUT2D eigenvalue weighted by atomic mass is 16.5. The van der Waals surface area contributed by atoms with E-state index in [9.17, 15) is 10.0 Å². The average Bonchev–Trinajstić information content (AvgIpc) is 2.93. The molecular weight excluding hydrogens is 290 g/mol. The maximum atomic E-state index is 11.0. The molecule has 1 amide bonds. The number of amides is 1. The first kappa shape index (κ1) is 15.1. The van der Waals surface area contributed by atoms with Crippen LogP contribution in [0.4, 0.5) is 0 Å². The molecule has 2 aromatic carbocycles. The molecule has 23 heavy (non-hydrogen) atoms. The zero-order valence-corrected chi connectivity index (χ0v) is 12.9. The van der Waals surface area contributed by atoms with E-state index in [1.807, 2.05) is 36.5 Å². The van der Waals surface area contributed by atoms with Crippen molar-refractivity contribution in [3.8, 4) is 11.1 Å². The zero-order valence-electron chi connectivity index (χ0n) is 12.9. The summed E-state index contributed by atoms with van der Waals surface area (Å²) in [6.45, 7) is 2.07. The molecule has 1 heterocycles. The van der Waals surface area contributed by atoms with Crippen LogP contribution in [0.5, 0.6) is 0 Å². The first-order valence-corrected chi connectivity index (χ1v) is 7.53. The van der Waals surface area contributed by atoms with Crippen molar-refractivity contribution in [3.05, 3.63) is 60.3 Å². The Hall–Kier alpha value is -2.79. The topological polar surface area (TPSA) is 66.3 Å². The molecule has 0 bridgehead atoms. The minimum absolute atomic E-state index is 0.0426. The molecule has 0 aliphatic heterocycles. The number of aromatic nitrogens is 1. The molecule has 0 radical (unpaired) electrons. The van der Waals surface area contributed by atoms with Crippen LogP contribution >= 0.6 is 0 Å². The van der Waals surface area contributed by atoms with Gasteiger partial charge in [-0.15, -0.1) is 0 Å². The highest BCUT2D eigenvalue weighted by molar-refractivity contribution is 5.89. The standard InChI is InChI=1S/C18H19N3O2/c1-13(22)19-10-9-16-12-21(20-23)18-8-7-15(11-17(16)18)14-5-3-2-4-6-14/h2-8,11-12,20,23H,9-10H2,1H3,(H,19,22). The van der Waals surface area contributed by atoms with Gasteiger partial charge in [-0.05, 0) is 35.2 Å². The quantitative estimate of drug-likeness (QED) is 0.635. The van der Waals surface area contributed by atoms with Crippen molar-refractivity contribution < 1.29 is 10.0 Å². The van der Waals surface area contributed by atoms with Gasteiger partial charge in [-0.2, -0.15) is 0 Å². The van der Waals surface area contributed by atoms with Crippen molar-refractivity contribution in [2.45, 2.75) is 13.3 Å². The second kappa shape index (κ2) is 6.54. The summed E-state index contributed by atoms with van der Waals surface area (Å²) >= 11 is 0. The predicted octanol–water partition coefficient (Wildman–Crippen LogP) is 2.92. The van der Waals surface area contributed by atoms with Crippen molar-refractivity contribution in [3.63, 3.8) is 0 Å². The van der Waals surface area contributed by atoms with Crippen molar-refractivity contribution in [2.24, 2.45) is 0 Å². The van der Waals surface area contributed by atoms with Crippen LogP contribution in [0, 0.1) is 0 Å². The molecular formula is C18H19N3O2. The van der Waals surface area contributed by atoms with E-state index in [1.165, 1.54) is 6.92 Å². The Morgan fingerprint density at radius 2 is 1.91 bits per heavy atom. The Labute approximate surface area is 134 Å². The maximum Gasteiger partial charge on any atom is 0.216 e. The molecule has 0 aliphatic rings. The van der Waals surface area contributed by atoms with Gasteiger partial charge in [0.25, 0.3) is 0 Å². The summed E-state index contributed by atoms with van der Waals surface area (Å²) in [5.41, 5.74) is 6.40. The number of hydrogen-bond donors (Lipinski definition) is 3. The minimum atomic E-state index is -0.0426. The van der Waals surface area contributed by atoms with Crippen LogP contribution in [0.1, 0.15) is 12.5 Å². The Balaban J connectivity index is 2.00. The van der Waals surface area contributed by atoms with Gasteiger partial charge in [-0.25, -0.2) is 10.3 Å². The van der Waals surface area contributed by atoms with Crippen molar-refractivity contribution in [1.82, 2.24) is 9.99 Å². The summed E-state index contributed by atoms with van der Waals surface area (Å²) in [5, 5.41) is 13.1. The normalized spacial score (nSPS) is 10.7. The number of nitrogens with one attached hydrogen (secondary N) is 2. The van der Waals surface area contributed by atoms with E-state index in [-0.39, 0.29) is 5.91 Å². The lowest BCUT2D eigenvalue weighted by Gasteiger charge is -2.05. The van der Waals surface area contributed by atoms with Crippen molar-refractivity contribution in [2.75, 3.05) is 12.1 Å². The second-order valence-corrected chi connectivity index (χ2v) is 5.46. The molecule has 3 N–H and O–H groups in total. The van der Waals surface area contributed by atoms with Crippen LogP contribution in [0.25, 0.3) is 22.0 Å². The predicted molar refractivity (Wildman–Crippen MR) is 90.9 cm³/mol. The van der Waals surface area contributed by atoms with E-state index in [0.717, 1.165) is 27.6 Å². The molecule has 0 aliphatic carbocycles. The van der Waals surface area contributed by atoms with E-state index in [1.54, 1.807) is 4.68 Å². The average molecular weight is 309 g/mol. The third-order valence-corrected chi connectivity index (χ3v) is 3.87. The van der Waals surface area contributed by atoms with Gasteiger partial charge >= 0.3 is 0 Å². The van der Waals surface area contributed by atoms with Crippen LogP contribution in [0.2, 0.25) is 0 Å². The van der Waals surface area contributed by atoms with Gasteiger partial charge in [0.2, 0.25) is 5.91 Å². The molecule has 0 fully saturated rings. The number of carbonyl (C=O) groups excluding carboxylic acids is 1. The lowest BCUT2D eigenvalue weighted by Crippen LogP contribution is -2.22. The highest BCUT2D eigenvalue weighted by Gasteiger charge is 2.10. The first-order chi connectivity index (χ1) is 11.2. The van der Waals surface area contributed by atoms with Crippen LogP contribution < -0.4 is 10.9 Å². The number of hydrogen-bond acceptors (Lipinski definition) is 3. The molecule has 0 saturated heterocycles. The lowest BCUT2D eigenvalue weighted by molar-refractivity contribution is -0.118. The molecule has 0 unspecified atom stereocenters. The molecule has 3 aromatic rings. The Morgan fingerprint density at radius 3 is 2.61 bits per heavy atom. The van der Waals surface area contributed by atoms with Gasteiger partial charge in [0, 0.05) is 25.1 Å². The van der Waals surface area contributed by atoms with Crippen LogP contribution in [-0.4, -0.2) is 22.3 Å². The Bertz CT molecular complexity index is 825. The summed E-state index contributed by atoms with van der Waals surface area (Å²) in [6.07, 6.45) is 2.55. The first-order valence-electron chi connectivity index (χ1n) is 7.53. The lowest BCUT2D eigenvalue weighted by atomic mass is 10.0. The van der Waals surface area contributed by atoms with Crippen molar-refractivity contribution in [1.29, 1.82) is 0 Å². The zero-order chi connectivity index (χ0) is 16.2. The second-order valence-electron chi connectivity index (χ2n) is 5.46. The minimum Gasteiger partial charge on any atom is -0.356 e. The van der Waals surface area contributed by atoms with E-state index >= 15 is 0 Å². The highest BCUT2D eigenvalue weighted by Crippen LogP contribution is 2.27. The molecule has 0 saturated carbocycles. The van der Waals surface area contributed by atoms with Crippen molar-refractivity contribution >= 4 is 16.8 Å². The molecule has 5 heteroatoms. The molecule has 0 atom stereocenters. The smallest absolute Gasteiger partial charge is 0.216 e. The van der Waals surface area contributed by atoms with Gasteiger partial charge in [0.05, 0.1) is 5.52 Å².